The van der Waals surface area contributed by atoms with E-state index in [-0.39, 0.29) is 22.8 Å². The number of carbonyl (C=O) groups excluding carboxylic acids is 1. The quantitative estimate of drug-likeness (QED) is 0.626. The summed E-state index contributed by atoms with van der Waals surface area (Å²) in [5.41, 5.74) is 0.256. The molecule has 3 rings (SSSR count). The Balaban J connectivity index is 2.19. The Morgan fingerprint density at radius 1 is 1.50 bits per heavy atom. The standard InChI is InChI=1S/C12H17N3O/c1-8-7-12(3)10-11(2,9(8)16)5-4-6-15(10)14-13-12/h7,10H,4-6H2,1-3H3/t10-,11+,12-/m0/s1. The highest BCUT2D eigenvalue weighted by atomic mass is 16.1. The van der Waals surface area contributed by atoms with Crippen molar-refractivity contribution in [2.24, 2.45) is 15.8 Å². The Morgan fingerprint density at radius 2 is 2.25 bits per heavy atom. The summed E-state index contributed by atoms with van der Waals surface area (Å²) in [7, 11) is 0. The van der Waals surface area contributed by atoms with Crippen molar-refractivity contribution in [3.8, 4) is 0 Å². The highest BCUT2D eigenvalue weighted by molar-refractivity contribution is 6.01. The number of ketones is 1. The number of allylic oxidation sites excluding steroid dienone is 1. The summed E-state index contributed by atoms with van der Waals surface area (Å²) in [6.07, 6.45) is 3.98. The normalized spacial score (nSPS) is 45.7. The van der Waals surface area contributed by atoms with Gasteiger partial charge in [-0.05, 0) is 38.3 Å². The zero-order valence-electron chi connectivity index (χ0n) is 10.0. The average Bonchev–Trinajstić information content (AvgIpc) is 2.55. The lowest BCUT2D eigenvalue weighted by molar-refractivity contribution is -0.132. The van der Waals surface area contributed by atoms with Crippen LogP contribution < -0.4 is 0 Å². The summed E-state index contributed by atoms with van der Waals surface area (Å²) >= 11 is 0. The van der Waals surface area contributed by atoms with Gasteiger partial charge in [0.05, 0.1) is 11.5 Å². The molecule has 0 unspecified atom stereocenters. The first-order valence-corrected chi connectivity index (χ1v) is 5.91. The fourth-order valence-electron chi connectivity index (χ4n) is 3.75. The molecule has 0 spiro atoms. The minimum atomic E-state index is -0.298. The lowest BCUT2D eigenvalue weighted by Gasteiger charge is -2.49. The van der Waals surface area contributed by atoms with Crippen LogP contribution in [0.3, 0.4) is 0 Å². The van der Waals surface area contributed by atoms with E-state index in [1.165, 1.54) is 0 Å². The first-order chi connectivity index (χ1) is 7.47. The van der Waals surface area contributed by atoms with Crippen molar-refractivity contribution < 1.29 is 4.79 Å². The molecular weight excluding hydrogens is 202 g/mol. The van der Waals surface area contributed by atoms with Crippen LogP contribution in [0.2, 0.25) is 0 Å². The monoisotopic (exact) mass is 219 g/mol. The van der Waals surface area contributed by atoms with Crippen LogP contribution in [0.25, 0.3) is 0 Å². The van der Waals surface area contributed by atoms with Gasteiger partial charge in [0.15, 0.2) is 5.78 Å². The predicted molar refractivity (Wildman–Crippen MR) is 59.9 cm³/mol. The summed E-state index contributed by atoms with van der Waals surface area (Å²) in [5.74, 6) is 0.284. The van der Waals surface area contributed by atoms with Crippen LogP contribution in [0.5, 0.6) is 0 Å². The van der Waals surface area contributed by atoms with Crippen molar-refractivity contribution in [1.82, 2.24) is 5.01 Å². The molecule has 0 N–H and O–H groups in total. The number of nitrogens with zero attached hydrogens (tertiary/aromatic N) is 3. The second-order valence-corrected chi connectivity index (χ2v) is 5.66. The van der Waals surface area contributed by atoms with Crippen LogP contribution in [0, 0.1) is 5.41 Å². The Kier molecular flexibility index (Phi) is 1.71. The molecule has 86 valence electrons. The van der Waals surface area contributed by atoms with E-state index in [0.717, 1.165) is 25.0 Å². The van der Waals surface area contributed by atoms with Crippen molar-refractivity contribution in [3.05, 3.63) is 11.6 Å². The molecule has 2 aliphatic heterocycles. The fourth-order valence-corrected chi connectivity index (χ4v) is 3.75. The van der Waals surface area contributed by atoms with Crippen LogP contribution in [0.15, 0.2) is 22.0 Å². The highest BCUT2D eigenvalue weighted by Gasteiger charge is 2.59. The number of piperidine rings is 1. The molecule has 2 heterocycles. The molecule has 3 aliphatic rings. The number of hydrogen-bond donors (Lipinski definition) is 0. The van der Waals surface area contributed by atoms with E-state index in [9.17, 15) is 4.79 Å². The molecule has 1 saturated heterocycles. The first kappa shape index (κ1) is 10.00. The summed E-state index contributed by atoms with van der Waals surface area (Å²) < 4.78 is 0. The molecule has 0 amide bonds. The van der Waals surface area contributed by atoms with Crippen LogP contribution >= 0.6 is 0 Å². The van der Waals surface area contributed by atoms with Gasteiger partial charge in [-0.25, -0.2) is 0 Å². The molecule has 0 aromatic rings. The molecule has 1 fully saturated rings. The average molecular weight is 219 g/mol. The van der Waals surface area contributed by atoms with Gasteiger partial charge in [0.2, 0.25) is 0 Å². The predicted octanol–water partition coefficient (Wildman–Crippen LogP) is 2.13. The van der Waals surface area contributed by atoms with Crippen LogP contribution in [0.4, 0.5) is 0 Å². The van der Waals surface area contributed by atoms with Crippen LogP contribution in [-0.2, 0) is 4.79 Å². The molecule has 4 nitrogen and oxygen atoms in total. The maximum atomic E-state index is 12.4. The van der Waals surface area contributed by atoms with Gasteiger partial charge in [-0.3, -0.25) is 9.80 Å². The second kappa shape index (κ2) is 2.73. The summed E-state index contributed by atoms with van der Waals surface area (Å²) in [5, 5.41) is 10.7. The summed E-state index contributed by atoms with van der Waals surface area (Å²) in [6.45, 7) is 7.00. The van der Waals surface area contributed by atoms with Gasteiger partial charge in [-0.15, -0.1) is 0 Å². The van der Waals surface area contributed by atoms with E-state index in [4.69, 9.17) is 0 Å². The minimum Gasteiger partial charge on any atom is -0.294 e. The second-order valence-electron chi connectivity index (χ2n) is 5.66. The van der Waals surface area contributed by atoms with E-state index in [1.54, 1.807) is 0 Å². The van der Waals surface area contributed by atoms with E-state index < -0.39 is 0 Å². The number of carbonyl (C=O) groups is 1. The third-order valence-corrected chi connectivity index (χ3v) is 4.30. The number of rotatable bonds is 0. The molecular formula is C12H17N3O. The Morgan fingerprint density at radius 3 is 3.00 bits per heavy atom. The van der Waals surface area contributed by atoms with Gasteiger partial charge >= 0.3 is 0 Å². The number of Topliss-reactive ketones (excluding diaryl/α,β-unsaturated/α-hetero) is 1. The van der Waals surface area contributed by atoms with E-state index in [0.29, 0.717) is 0 Å². The first-order valence-electron chi connectivity index (χ1n) is 5.91. The molecule has 4 heteroatoms. The van der Waals surface area contributed by atoms with Gasteiger partial charge in [0, 0.05) is 6.54 Å². The maximum absolute atomic E-state index is 12.4. The van der Waals surface area contributed by atoms with Crippen molar-refractivity contribution in [2.45, 2.75) is 45.2 Å². The zero-order valence-corrected chi connectivity index (χ0v) is 10.0. The van der Waals surface area contributed by atoms with Gasteiger partial charge in [-0.1, -0.05) is 12.1 Å². The molecule has 16 heavy (non-hydrogen) atoms. The SMILES string of the molecule is CC1=C[C@]2(C)N=NN3CCC[C@](C)(C1=O)[C@H]32. The largest absolute Gasteiger partial charge is 0.294 e. The van der Waals surface area contributed by atoms with Crippen molar-refractivity contribution in [3.63, 3.8) is 0 Å². The third-order valence-electron chi connectivity index (χ3n) is 4.30. The van der Waals surface area contributed by atoms with Crippen LogP contribution in [0.1, 0.15) is 33.6 Å². The fraction of sp³-hybridized carbons (Fsp3) is 0.750. The van der Waals surface area contributed by atoms with Crippen molar-refractivity contribution in [2.75, 3.05) is 6.54 Å². The minimum absolute atomic E-state index is 0.130. The van der Waals surface area contributed by atoms with E-state index >= 15 is 0 Å². The Hall–Kier alpha value is -1.19. The summed E-state index contributed by atoms with van der Waals surface area (Å²) in [6, 6.07) is 0.130. The van der Waals surface area contributed by atoms with Gasteiger partial charge in [0.25, 0.3) is 0 Å². The van der Waals surface area contributed by atoms with Crippen LogP contribution in [-0.4, -0.2) is 28.9 Å². The molecule has 0 radical (unpaired) electrons. The highest BCUT2D eigenvalue weighted by Crippen LogP contribution is 2.51. The zero-order chi connectivity index (χ0) is 11.6. The third kappa shape index (κ3) is 0.975. The molecule has 0 bridgehead atoms. The lowest BCUT2D eigenvalue weighted by atomic mass is 9.61. The van der Waals surface area contributed by atoms with Crippen molar-refractivity contribution in [1.29, 1.82) is 0 Å². The summed E-state index contributed by atoms with van der Waals surface area (Å²) in [4.78, 5) is 12.4. The van der Waals surface area contributed by atoms with E-state index in [2.05, 4.69) is 24.2 Å². The Labute approximate surface area is 95.4 Å². The van der Waals surface area contributed by atoms with Crippen molar-refractivity contribution >= 4 is 5.78 Å². The number of hydrogen-bond acceptors (Lipinski definition) is 4. The smallest absolute Gasteiger partial charge is 0.166 e. The molecule has 1 aliphatic carbocycles. The maximum Gasteiger partial charge on any atom is 0.166 e. The lowest BCUT2D eigenvalue weighted by Crippen LogP contribution is -2.61. The van der Waals surface area contributed by atoms with Gasteiger partial charge < -0.3 is 0 Å². The van der Waals surface area contributed by atoms with Gasteiger partial charge in [0.1, 0.15) is 5.54 Å². The molecule has 0 saturated carbocycles. The Bertz CT molecular complexity index is 428. The molecule has 0 aromatic carbocycles. The molecule has 3 atom stereocenters. The van der Waals surface area contributed by atoms with E-state index in [1.807, 2.05) is 18.0 Å². The van der Waals surface area contributed by atoms with Gasteiger partial charge in [-0.2, -0.15) is 5.11 Å². The topological polar surface area (TPSA) is 45.0 Å². The molecule has 0 aromatic heterocycles.